The van der Waals surface area contributed by atoms with Crippen LogP contribution < -0.4 is 14.8 Å². The van der Waals surface area contributed by atoms with Crippen molar-refractivity contribution in [2.75, 3.05) is 34.4 Å². The lowest BCUT2D eigenvalue weighted by atomic mass is 10.0. The first-order valence-corrected chi connectivity index (χ1v) is 8.69. The SMILES string of the molecule is COc1cccc(CC(NC(=O)OC(C)(C)C)C(=O)O)c1OCCN(C)C. The average Bonchev–Trinajstić information content (AvgIpc) is 2.53. The largest absolute Gasteiger partial charge is 0.493 e. The summed E-state index contributed by atoms with van der Waals surface area (Å²) < 4.78 is 16.3. The first-order valence-electron chi connectivity index (χ1n) is 8.69. The van der Waals surface area contributed by atoms with E-state index in [-0.39, 0.29) is 6.42 Å². The molecule has 0 fully saturated rings. The molecule has 1 rings (SSSR count). The van der Waals surface area contributed by atoms with Gasteiger partial charge in [-0.2, -0.15) is 0 Å². The zero-order valence-corrected chi connectivity index (χ0v) is 16.9. The third-order valence-electron chi connectivity index (χ3n) is 3.48. The van der Waals surface area contributed by atoms with Crippen molar-refractivity contribution >= 4 is 12.1 Å². The fourth-order valence-electron chi connectivity index (χ4n) is 2.25. The molecule has 0 saturated heterocycles. The normalized spacial score (nSPS) is 12.4. The first-order chi connectivity index (χ1) is 12.5. The lowest BCUT2D eigenvalue weighted by Crippen LogP contribution is -2.44. The molecule has 0 heterocycles. The Morgan fingerprint density at radius 1 is 1.26 bits per heavy atom. The van der Waals surface area contributed by atoms with Crippen molar-refractivity contribution in [3.05, 3.63) is 23.8 Å². The molecule has 0 aliphatic rings. The molecule has 1 aromatic carbocycles. The Hall–Kier alpha value is -2.48. The molecule has 1 aromatic rings. The Kier molecular flexibility index (Phi) is 8.36. The maximum absolute atomic E-state index is 12.0. The second-order valence-corrected chi connectivity index (χ2v) is 7.34. The summed E-state index contributed by atoms with van der Waals surface area (Å²) in [4.78, 5) is 25.6. The number of carboxylic acids is 1. The van der Waals surface area contributed by atoms with Crippen molar-refractivity contribution < 1.29 is 28.9 Å². The number of ether oxygens (including phenoxy) is 3. The Bertz CT molecular complexity index is 640. The Balaban J connectivity index is 2.97. The zero-order valence-electron chi connectivity index (χ0n) is 16.9. The second kappa shape index (κ2) is 10.0. The van der Waals surface area contributed by atoms with Gasteiger partial charge in [0.15, 0.2) is 11.5 Å². The van der Waals surface area contributed by atoms with Crippen LogP contribution in [0.15, 0.2) is 18.2 Å². The summed E-state index contributed by atoms with van der Waals surface area (Å²) in [6.07, 6.45) is -0.754. The lowest BCUT2D eigenvalue weighted by Gasteiger charge is -2.23. The standard InChI is InChI=1S/C19H30N2O6/c1-19(2,3)27-18(24)20-14(17(22)23)12-13-8-7-9-15(25-6)16(13)26-11-10-21(4)5/h7-9,14H,10-12H2,1-6H3,(H,20,24)(H,22,23). The first kappa shape index (κ1) is 22.6. The molecule has 152 valence electrons. The number of amides is 1. The molecule has 1 unspecified atom stereocenters. The maximum atomic E-state index is 12.0. The number of rotatable bonds is 9. The smallest absolute Gasteiger partial charge is 0.408 e. The summed E-state index contributed by atoms with van der Waals surface area (Å²) in [6, 6.07) is 4.08. The van der Waals surface area contributed by atoms with E-state index in [9.17, 15) is 14.7 Å². The van der Waals surface area contributed by atoms with E-state index in [4.69, 9.17) is 14.2 Å². The molecule has 1 amide bonds. The summed E-state index contributed by atoms with van der Waals surface area (Å²) in [5.74, 6) is -0.185. The van der Waals surface area contributed by atoms with Gasteiger partial charge in [0.2, 0.25) is 0 Å². The van der Waals surface area contributed by atoms with Gasteiger partial charge in [0, 0.05) is 18.5 Å². The molecule has 27 heavy (non-hydrogen) atoms. The highest BCUT2D eigenvalue weighted by molar-refractivity contribution is 5.80. The van der Waals surface area contributed by atoms with Crippen LogP contribution in [-0.2, 0) is 16.0 Å². The molecule has 0 saturated carbocycles. The number of para-hydroxylation sites is 1. The molecule has 0 aliphatic carbocycles. The molecule has 8 heteroatoms. The zero-order chi connectivity index (χ0) is 20.6. The van der Waals surface area contributed by atoms with Crippen molar-refractivity contribution in [3.8, 4) is 11.5 Å². The number of nitrogens with one attached hydrogen (secondary N) is 1. The highest BCUT2D eigenvalue weighted by Gasteiger charge is 2.26. The third kappa shape index (κ3) is 8.17. The maximum Gasteiger partial charge on any atom is 0.408 e. The second-order valence-electron chi connectivity index (χ2n) is 7.34. The number of aliphatic carboxylic acids is 1. The molecular formula is C19H30N2O6. The minimum absolute atomic E-state index is 0.0308. The fourth-order valence-corrected chi connectivity index (χ4v) is 2.25. The van der Waals surface area contributed by atoms with E-state index < -0.39 is 23.7 Å². The van der Waals surface area contributed by atoms with Crippen molar-refractivity contribution in [1.29, 1.82) is 0 Å². The highest BCUT2D eigenvalue weighted by Crippen LogP contribution is 2.32. The fraction of sp³-hybridized carbons (Fsp3) is 0.579. The van der Waals surface area contributed by atoms with E-state index in [0.29, 0.717) is 30.2 Å². The Labute approximate surface area is 160 Å². The van der Waals surface area contributed by atoms with E-state index in [1.165, 1.54) is 7.11 Å². The van der Waals surface area contributed by atoms with Gasteiger partial charge in [0.05, 0.1) is 7.11 Å². The van der Waals surface area contributed by atoms with Crippen molar-refractivity contribution in [2.45, 2.75) is 38.8 Å². The number of nitrogens with zero attached hydrogens (tertiary/aromatic N) is 1. The number of likely N-dealkylation sites (N-methyl/N-ethyl adjacent to an activating group) is 1. The number of carbonyl (C=O) groups excluding carboxylic acids is 1. The van der Waals surface area contributed by atoms with Crippen LogP contribution in [0.2, 0.25) is 0 Å². The van der Waals surface area contributed by atoms with Crippen LogP contribution in [0.25, 0.3) is 0 Å². The molecule has 1 atom stereocenters. The molecule has 0 spiro atoms. The monoisotopic (exact) mass is 382 g/mol. The summed E-state index contributed by atoms with van der Waals surface area (Å²) >= 11 is 0. The van der Waals surface area contributed by atoms with Crippen molar-refractivity contribution in [3.63, 3.8) is 0 Å². The number of benzene rings is 1. The topological polar surface area (TPSA) is 97.3 Å². The lowest BCUT2D eigenvalue weighted by molar-refractivity contribution is -0.139. The minimum Gasteiger partial charge on any atom is -0.493 e. The van der Waals surface area contributed by atoms with Gasteiger partial charge in [-0.05, 0) is 40.9 Å². The predicted octanol–water partition coefficient (Wildman–Crippen LogP) is 2.16. The van der Waals surface area contributed by atoms with Crippen LogP contribution in [0, 0.1) is 0 Å². The number of methoxy groups -OCH3 is 1. The van der Waals surface area contributed by atoms with Crippen LogP contribution in [-0.4, -0.2) is 68.1 Å². The van der Waals surface area contributed by atoms with E-state index in [1.54, 1.807) is 39.0 Å². The van der Waals surface area contributed by atoms with Gasteiger partial charge >= 0.3 is 12.1 Å². The van der Waals surface area contributed by atoms with Crippen LogP contribution in [0.5, 0.6) is 11.5 Å². The molecule has 8 nitrogen and oxygen atoms in total. The highest BCUT2D eigenvalue weighted by atomic mass is 16.6. The Morgan fingerprint density at radius 2 is 1.93 bits per heavy atom. The molecule has 0 aromatic heterocycles. The van der Waals surface area contributed by atoms with Gasteiger partial charge < -0.3 is 29.5 Å². The number of hydrogen-bond acceptors (Lipinski definition) is 6. The number of hydrogen-bond donors (Lipinski definition) is 2. The summed E-state index contributed by atoms with van der Waals surface area (Å²) in [6.45, 7) is 6.23. The van der Waals surface area contributed by atoms with E-state index in [2.05, 4.69) is 5.32 Å². The number of carboxylic acid groups (broad SMARTS) is 1. The van der Waals surface area contributed by atoms with Gasteiger partial charge in [-0.15, -0.1) is 0 Å². The van der Waals surface area contributed by atoms with E-state index >= 15 is 0 Å². The predicted molar refractivity (Wildman–Crippen MR) is 102 cm³/mol. The molecule has 2 N–H and O–H groups in total. The summed E-state index contributed by atoms with van der Waals surface area (Å²) in [5, 5.41) is 11.9. The van der Waals surface area contributed by atoms with Crippen molar-refractivity contribution in [2.24, 2.45) is 0 Å². The quantitative estimate of drug-likeness (QED) is 0.675. The van der Waals surface area contributed by atoms with Gasteiger partial charge in [-0.25, -0.2) is 9.59 Å². The number of carbonyl (C=O) groups is 2. The van der Waals surface area contributed by atoms with Gasteiger partial charge in [-0.1, -0.05) is 12.1 Å². The molecular weight excluding hydrogens is 352 g/mol. The van der Waals surface area contributed by atoms with Gasteiger partial charge in [0.25, 0.3) is 0 Å². The van der Waals surface area contributed by atoms with Crippen LogP contribution in [0.4, 0.5) is 4.79 Å². The third-order valence-corrected chi connectivity index (χ3v) is 3.48. The van der Waals surface area contributed by atoms with Crippen LogP contribution in [0.3, 0.4) is 0 Å². The molecule has 0 radical (unpaired) electrons. The van der Waals surface area contributed by atoms with Crippen molar-refractivity contribution in [1.82, 2.24) is 10.2 Å². The van der Waals surface area contributed by atoms with Crippen LogP contribution >= 0.6 is 0 Å². The van der Waals surface area contributed by atoms with Gasteiger partial charge in [-0.3, -0.25) is 0 Å². The van der Waals surface area contributed by atoms with E-state index in [0.717, 1.165) is 0 Å². The summed E-state index contributed by atoms with van der Waals surface area (Å²) in [7, 11) is 5.38. The summed E-state index contributed by atoms with van der Waals surface area (Å²) in [5.41, 5.74) is -0.0969. The van der Waals surface area contributed by atoms with Gasteiger partial charge in [0.1, 0.15) is 18.2 Å². The molecule has 0 bridgehead atoms. The average molecular weight is 382 g/mol. The molecule has 0 aliphatic heterocycles. The Morgan fingerprint density at radius 3 is 2.44 bits per heavy atom. The number of alkyl carbamates (subject to hydrolysis) is 1. The van der Waals surface area contributed by atoms with Crippen LogP contribution in [0.1, 0.15) is 26.3 Å². The van der Waals surface area contributed by atoms with E-state index in [1.807, 2.05) is 19.0 Å². The minimum atomic E-state index is -1.16.